The lowest BCUT2D eigenvalue weighted by Gasteiger charge is -2.48. The first-order valence-electron chi connectivity index (χ1n) is 8.59. The molecule has 2 unspecified atom stereocenters. The van der Waals surface area contributed by atoms with E-state index in [2.05, 4.69) is 13.8 Å². The quantitative estimate of drug-likeness (QED) is 0.803. The number of hydrogen-bond donors (Lipinski definition) is 1. The average molecular weight is 294 g/mol. The van der Waals surface area contributed by atoms with Crippen molar-refractivity contribution in [1.29, 1.82) is 0 Å². The van der Waals surface area contributed by atoms with E-state index in [4.69, 9.17) is 9.47 Å². The summed E-state index contributed by atoms with van der Waals surface area (Å²) in [7, 11) is 0. The molecule has 0 aromatic heterocycles. The van der Waals surface area contributed by atoms with Crippen molar-refractivity contribution in [2.75, 3.05) is 0 Å². The molecule has 0 spiro atoms. The standard InChI is InChI=1S/C17H26O4/c1-3-14(2)15(13(18)19,11-12-7-5-4-6-8-12)9-10-16-17(14,20-16)21-16/h12H,3-11H2,1-2H3,(H,18,19). The predicted octanol–water partition coefficient (Wildman–Crippen LogP) is 3.69. The fraction of sp³-hybridized carbons (Fsp3) is 0.941. The molecule has 4 nitrogen and oxygen atoms in total. The smallest absolute Gasteiger partial charge is 0.310 e. The SMILES string of the molecule is CCC1(C)C(CC2CCCCC2)(C(=O)O)CCC23OC21O3. The second-order valence-corrected chi connectivity index (χ2v) is 7.85. The van der Waals surface area contributed by atoms with E-state index in [1.807, 2.05) is 0 Å². The van der Waals surface area contributed by atoms with E-state index in [0.717, 1.165) is 19.3 Å². The Bertz CT molecular complexity index is 475. The van der Waals surface area contributed by atoms with Gasteiger partial charge in [-0.25, -0.2) is 0 Å². The molecule has 2 heterocycles. The van der Waals surface area contributed by atoms with Crippen LogP contribution in [0.5, 0.6) is 0 Å². The molecule has 2 saturated heterocycles. The van der Waals surface area contributed by atoms with Gasteiger partial charge < -0.3 is 14.6 Å². The summed E-state index contributed by atoms with van der Waals surface area (Å²) < 4.78 is 11.7. The highest BCUT2D eigenvalue weighted by Gasteiger charge is 3.00. The second-order valence-electron chi connectivity index (χ2n) is 7.85. The minimum absolute atomic E-state index is 0.400. The molecule has 2 aliphatic heterocycles. The molecule has 0 radical (unpaired) electrons. The number of ether oxygens (including phenoxy) is 2. The Balaban J connectivity index is 1.67. The van der Waals surface area contributed by atoms with E-state index in [1.54, 1.807) is 0 Å². The van der Waals surface area contributed by atoms with Crippen LogP contribution in [0, 0.1) is 16.7 Å². The zero-order chi connectivity index (χ0) is 14.9. The Morgan fingerprint density at radius 2 is 1.86 bits per heavy atom. The van der Waals surface area contributed by atoms with Gasteiger partial charge in [0.15, 0.2) is 0 Å². The van der Waals surface area contributed by atoms with Gasteiger partial charge in [-0.3, -0.25) is 4.79 Å². The van der Waals surface area contributed by atoms with E-state index < -0.39 is 28.4 Å². The molecular formula is C17H26O4. The molecule has 4 heteroatoms. The molecule has 21 heavy (non-hydrogen) atoms. The van der Waals surface area contributed by atoms with Gasteiger partial charge in [-0.05, 0) is 25.2 Å². The first-order valence-corrected chi connectivity index (χ1v) is 8.59. The summed E-state index contributed by atoms with van der Waals surface area (Å²) in [4.78, 5) is 12.3. The van der Waals surface area contributed by atoms with E-state index in [-0.39, 0.29) is 0 Å². The third-order valence-corrected chi connectivity index (χ3v) is 7.18. The molecule has 0 amide bonds. The molecular weight excluding hydrogens is 268 g/mol. The molecule has 0 aromatic carbocycles. The number of hydrogen-bond acceptors (Lipinski definition) is 3. The Labute approximate surface area is 126 Å². The van der Waals surface area contributed by atoms with Crippen molar-refractivity contribution in [3.8, 4) is 0 Å². The lowest BCUT2D eigenvalue weighted by Crippen LogP contribution is -2.54. The average Bonchev–Trinajstić information content (AvgIpc) is 3.30. The Morgan fingerprint density at radius 3 is 2.43 bits per heavy atom. The number of epoxide rings is 2. The summed E-state index contributed by atoms with van der Waals surface area (Å²) in [6.07, 6.45) is 9.25. The second kappa shape index (κ2) is 4.02. The third-order valence-electron chi connectivity index (χ3n) is 7.18. The number of carboxylic acid groups (broad SMARTS) is 1. The van der Waals surface area contributed by atoms with Crippen LogP contribution in [-0.4, -0.2) is 22.7 Å². The van der Waals surface area contributed by atoms with Crippen molar-refractivity contribution < 1.29 is 19.4 Å². The monoisotopic (exact) mass is 294 g/mol. The maximum Gasteiger partial charge on any atom is 0.310 e. The number of rotatable bonds is 4. The third kappa shape index (κ3) is 1.46. The van der Waals surface area contributed by atoms with Crippen molar-refractivity contribution in [2.45, 2.75) is 83.2 Å². The molecule has 0 bridgehead atoms. The van der Waals surface area contributed by atoms with E-state index in [0.29, 0.717) is 12.3 Å². The molecule has 118 valence electrons. The van der Waals surface area contributed by atoms with Gasteiger partial charge in [0.1, 0.15) is 0 Å². The molecule has 0 aromatic rings. The predicted molar refractivity (Wildman–Crippen MR) is 76.5 cm³/mol. The van der Waals surface area contributed by atoms with Crippen LogP contribution in [0.25, 0.3) is 0 Å². The van der Waals surface area contributed by atoms with E-state index in [1.165, 1.54) is 32.1 Å². The van der Waals surface area contributed by atoms with Crippen LogP contribution in [0.15, 0.2) is 0 Å². The molecule has 4 aliphatic rings. The van der Waals surface area contributed by atoms with Gasteiger partial charge in [0.25, 0.3) is 0 Å². The van der Waals surface area contributed by atoms with Crippen molar-refractivity contribution in [3.63, 3.8) is 0 Å². The summed E-state index contributed by atoms with van der Waals surface area (Å²) >= 11 is 0. The van der Waals surface area contributed by atoms with Gasteiger partial charge in [-0.2, -0.15) is 0 Å². The molecule has 2 saturated carbocycles. The van der Waals surface area contributed by atoms with E-state index >= 15 is 0 Å². The van der Waals surface area contributed by atoms with Crippen molar-refractivity contribution in [3.05, 3.63) is 0 Å². The maximum atomic E-state index is 12.3. The van der Waals surface area contributed by atoms with Crippen LogP contribution in [0.3, 0.4) is 0 Å². The van der Waals surface area contributed by atoms with Crippen LogP contribution in [0.1, 0.15) is 71.6 Å². The number of carbonyl (C=O) groups is 1. The van der Waals surface area contributed by atoms with Crippen molar-refractivity contribution >= 4 is 5.97 Å². The van der Waals surface area contributed by atoms with Gasteiger partial charge in [0.2, 0.25) is 11.6 Å². The lowest BCUT2D eigenvalue weighted by atomic mass is 9.52. The Hall–Kier alpha value is -0.610. The molecule has 2 aliphatic carbocycles. The van der Waals surface area contributed by atoms with Gasteiger partial charge in [0.05, 0.1) is 5.41 Å². The first-order chi connectivity index (χ1) is 9.95. The highest BCUT2D eigenvalue weighted by Crippen LogP contribution is 2.84. The van der Waals surface area contributed by atoms with Gasteiger partial charge >= 0.3 is 5.97 Å². The fourth-order valence-corrected chi connectivity index (χ4v) is 5.51. The highest BCUT2D eigenvalue weighted by atomic mass is 17.0. The van der Waals surface area contributed by atoms with Crippen LogP contribution in [0.2, 0.25) is 0 Å². The van der Waals surface area contributed by atoms with Gasteiger partial charge in [0, 0.05) is 11.8 Å². The normalized spacial score (nSPS) is 51.9. The Morgan fingerprint density at radius 1 is 1.19 bits per heavy atom. The molecule has 4 fully saturated rings. The minimum Gasteiger partial charge on any atom is -0.481 e. The summed E-state index contributed by atoms with van der Waals surface area (Å²) in [6, 6.07) is 0. The number of aliphatic carboxylic acids is 1. The minimum atomic E-state index is -0.680. The summed E-state index contributed by atoms with van der Waals surface area (Å²) in [5.74, 6) is -1.04. The lowest BCUT2D eigenvalue weighted by molar-refractivity contribution is -0.185. The molecule has 2 atom stereocenters. The van der Waals surface area contributed by atoms with E-state index in [9.17, 15) is 9.90 Å². The van der Waals surface area contributed by atoms with Crippen LogP contribution < -0.4 is 0 Å². The van der Waals surface area contributed by atoms with Crippen LogP contribution in [0.4, 0.5) is 0 Å². The Kier molecular flexibility index (Phi) is 2.68. The van der Waals surface area contributed by atoms with Crippen molar-refractivity contribution in [1.82, 2.24) is 0 Å². The largest absolute Gasteiger partial charge is 0.481 e. The summed E-state index contributed by atoms with van der Waals surface area (Å²) in [5.41, 5.74) is -1.08. The fourth-order valence-electron chi connectivity index (χ4n) is 5.51. The molecule has 1 N–H and O–H groups in total. The van der Waals surface area contributed by atoms with Gasteiger partial charge in [-0.15, -0.1) is 0 Å². The maximum absolute atomic E-state index is 12.3. The topological polar surface area (TPSA) is 62.4 Å². The highest BCUT2D eigenvalue weighted by molar-refractivity contribution is 5.77. The molecule has 4 rings (SSSR count). The van der Waals surface area contributed by atoms with Crippen LogP contribution in [-0.2, 0) is 14.3 Å². The van der Waals surface area contributed by atoms with Crippen LogP contribution >= 0.6 is 0 Å². The zero-order valence-electron chi connectivity index (χ0n) is 13.1. The van der Waals surface area contributed by atoms with Crippen molar-refractivity contribution in [2.24, 2.45) is 16.7 Å². The summed E-state index contributed by atoms with van der Waals surface area (Å²) in [6.45, 7) is 4.19. The van der Waals surface area contributed by atoms with Gasteiger partial charge in [-0.1, -0.05) is 46.0 Å². The zero-order valence-corrected chi connectivity index (χ0v) is 13.1. The first kappa shape index (κ1) is 14.0. The number of carboxylic acids is 1. The summed E-state index contributed by atoms with van der Waals surface area (Å²) in [5, 5.41) is 10.1.